The zero-order valence-electron chi connectivity index (χ0n) is 10.7. The summed E-state index contributed by atoms with van der Waals surface area (Å²) in [6.45, 7) is 6.72. The smallest absolute Gasteiger partial charge is 0.0603 e. The minimum atomic E-state index is 0.248. The SMILES string of the molecule is CNC(CSc1ccc(Cl)c(Cl)c1)C(C)(C)C. The van der Waals surface area contributed by atoms with Crippen molar-refractivity contribution in [3.63, 3.8) is 0 Å². The molecule has 1 aromatic carbocycles. The Morgan fingerprint density at radius 3 is 2.35 bits per heavy atom. The summed E-state index contributed by atoms with van der Waals surface area (Å²) in [6.07, 6.45) is 0. The van der Waals surface area contributed by atoms with Crippen LogP contribution in [0.4, 0.5) is 0 Å². The fourth-order valence-corrected chi connectivity index (χ4v) is 3.27. The van der Waals surface area contributed by atoms with Gasteiger partial charge in [-0.1, -0.05) is 44.0 Å². The standard InChI is InChI=1S/C13H19Cl2NS/c1-13(2,3)12(16-4)8-17-9-5-6-10(14)11(15)7-9/h5-7,12,16H,8H2,1-4H3. The highest BCUT2D eigenvalue weighted by atomic mass is 35.5. The molecule has 1 N–H and O–H groups in total. The van der Waals surface area contributed by atoms with Crippen LogP contribution in [-0.2, 0) is 0 Å². The summed E-state index contributed by atoms with van der Waals surface area (Å²) in [5.41, 5.74) is 0.248. The van der Waals surface area contributed by atoms with E-state index >= 15 is 0 Å². The summed E-state index contributed by atoms with van der Waals surface area (Å²) in [6, 6.07) is 6.23. The molecule has 0 aliphatic heterocycles. The van der Waals surface area contributed by atoms with Crippen LogP contribution in [0.25, 0.3) is 0 Å². The van der Waals surface area contributed by atoms with Gasteiger partial charge in [-0.05, 0) is 30.7 Å². The summed E-state index contributed by atoms with van der Waals surface area (Å²) in [5, 5.41) is 4.59. The molecule has 0 fully saturated rings. The van der Waals surface area contributed by atoms with Gasteiger partial charge in [0.2, 0.25) is 0 Å². The van der Waals surface area contributed by atoms with Gasteiger partial charge in [0, 0.05) is 16.7 Å². The Hall–Kier alpha value is 0.110. The Bertz CT molecular complexity index is 374. The zero-order chi connectivity index (χ0) is 13.1. The lowest BCUT2D eigenvalue weighted by molar-refractivity contribution is 0.305. The molecule has 0 saturated carbocycles. The largest absolute Gasteiger partial charge is 0.316 e. The van der Waals surface area contributed by atoms with Gasteiger partial charge in [0.25, 0.3) is 0 Å². The predicted molar refractivity (Wildman–Crippen MR) is 79.5 cm³/mol. The molecule has 96 valence electrons. The molecule has 1 rings (SSSR count). The average molecular weight is 292 g/mol. The van der Waals surface area contributed by atoms with Gasteiger partial charge in [0.05, 0.1) is 10.0 Å². The van der Waals surface area contributed by atoms with Crippen molar-refractivity contribution in [2.45, 2.75) is 31.7 Å². The monoisotopic (exact) mass is 291 g/mol. The molecular weight excluding hydrogens is 273 g/mol. The van der Waals surface area contributed by atoms with Crippen molar-refractivity contribution in [1.29, 1.82) is 0 Å². The average Bonchev–Trinajstić information content (AvgIpc) is 2.22. The maximum Gasteiger partial charge on any atom is 0.0603 e. The lowest BCUT2D eigenvalue weighted by Crippen LogP contribution is -2.40. The van der Waals surface area contributed by atoms with Gasteiger partial charge in [-0.25, -0.2) is 0 Å². The van der Waals surface area contributed by atoms with Crippen LogP contribution in [0.15, 0.2) is 23.1 Å². The topological polar surface area (TPSA) is 12.0 Å². The van der Waals surface area contributed by atoms with Crippen LogP contribution in [0.5, 0.6) is 0 Å². The summed E-state index contributed by atoms with van der Waals surface area (Å²) < 4.78 is 0. The molecule has 0 aliphatic carbocycles. The van der Waals surface area contributed by atoms with Crippen LogP contribution >= 0.6 is 35.0 Å². The van der Waals surface area contributed by atoms with Crippen LogP contribution in [0.1, 0.15) is 20.8 Å². The van der Waals surface area contributed by atoms with Crippen molar-refractivity contribution in [2.75, 3.05) is 12.8 Å². The molecule has 4 heteroatoms. The summed E-state index contributed by atoms with van der Waals surface area (Å²) in [4.78, 5) is 1.16. The first-order valence-corrected chi connectivity index (χ1v) is 7.34. The molecule has 0 aliphatic rings. The number of hydrogen-bond donors (Lipinski definition) is 1. The molecule has 1 aromatic rings. The third-order valence-electron chi connectivity index (χ3n) is 2.70. The second kappa shape index (κ2) is 6.33. The molecule has 0 saturated heterocycles. The molecule has 0 amide bonds. The van der Waals surface area contributed by atoms with E-state index in [0.29, 0.717) is 16.1 Å². The zero-order valence-corrected chi connectivity index (χ0v) is 13.0. The van der Waals surface area contributed by atoms with Crippen LogP contribution < -0.4 is 5.32 Å². The second-order valence-electron chi connectivity index (χ2n) is 5.09. The van der Waals surface area contributed by atoms with Crippen LogP contribution in [0.2, 0.25) is 10.0 Å². The Kier molecular flexibility index (Phi) is 5.65. The van der Waals surface area contributed by atoms with E-state index in [9.17, 15) is 0 Å². The number of thioether (sulfide) groups is 1. The third kappa shape index (κ3) is 4.70. The number of rotatable bonds is 4. The first-order chi connectivity index (χ1) is 7.84. The molecule has 1 atom stereocenters. The molecule has 0 bridgehead atoms. The third-order valence-corrected chi connectivity index (χ3v) is 4.53. The summed E-state index contributed by atoms with van der Waals surface area (Å²) in [5.74, 6) is 1.01. The van der Waals surface area contributed by atoms with E-state index in [1.807, 2.05) is 25.2 Å². The molecular formula is C13H19Cl2NS. The van der Waals surface area contributed by atoms with E-state index < -0.39 is 0 Å². The molecule has 0 radical (unpaired) electrons. The van der Waals surface area contributed by atoms with Crippen molar-refractivity contribution >= 4 is 35.0 Å². The number of halogens is 2. The first-order valence-electron chi connectivity index (χ1n) is 5.59. The lowest BCUT2D eigenvalue weighted by atomic mass is 9.88. The number of nitrogens with one attached hydrogen (secondary N) is 1. The highest BCUT2D eigenvalue weighted by molar-refractivity contribution is 7.99. The molecule has 1 unspecified atom stereocenters. The highest BCUT2D eigenvalue weighted by Crippen LogP contribution is 2.30. The number of benzene rings is 1. The molecule has 1 nitrogen and oxygen atoms in total. The van der Waals surface area contributed by atoms with Gasteiger partial charge in [-0.3, -0.25) is 0 Å². The van der Waals surface area contributed by atoms with E-state index in [0.717, 1.165) is 10.6 Å². The molecule has 17 heavy (non-hydrogen) atoms. The maximum atomic E-state index is 5.99. The van der Waals surface area contributed by atoms with Crippen molar-refractivity contribution in [1.82, 2.24) is 5.32 Å². The van der Waals surface area contributed by atoms with Crippen molar-refractivity contribution in [3.8, 4) is 0 Å². The summed E-state index contributed by atoms with van der Waals surface area (Å²) >= 11 is 13.7. The van der Waals surface area contributed by atoms with Gasteiger partial charge >= 0.3 is 0 Å². The van der Waals surface area contributed by atoms with Crippen molar-refractivity contribution < 1.29 is 0 Å². The van der Waals surface area contributed by atoms with Gasteiger partial charge in [0.15, 0.2) is 0 Å². The van der Waals surface area contributed by atoms with Gasteiger partial charge in [-0.15, -0.1) is 11.8 Å². The molecule has 0 heterocycles. The van der Waals surface area contributed by atoms with Crippen molar-refractivity contribution in [3.05, 3.63) is 28.2 Å². The van der Waals surface area contributed by atoms with Crippen molar-refractivity contribution in [2.24, 2.45) is 5.41 Å². The molecule has 0 spiro atoms. The number of hydrogen-bond acceptors (Lipinski definition) is 2. The normalized spacial score (nSPS) is 13.8. The van der Waals surface area contributed by atoms with Gasteiger partial charge in [-0.2, -0.15) is 0 Å². The quantitative estimate of drug-likeness (QED) is 0.806. The van der Waals surface area contributed by atoms with E-state index in [2.05, 4.69) is 26.1 Å². The minimum absolute atomic E-state index is 0.248. The van der Waals surface area contributed by atoms with Crippen LogP contribution in [0.3, 0.4) is 0 Å². The van der Waals surface area contributed by atoms with Crippen LogP contribution in [-0.4, -0.2) is 18.8 Å². The minimum Gasteiger partial charge on any atom is -0.316 e. The van der Waals surface area contributed by atoms with E-state index in [1.165, 1.54) is 0 Å². The highest BCUT2D eigenvalue weighted by Gasteiger charge is 2.22. The predicted octanol–water partition coefficient (Wildman–Crippen LogP) is 4.72. The fraction of sp³-hybridized carbons (Fsp3) is 0.538. The van der Waals surface area contributed by atoms with Gasteiger partial charge in [0.1, 0.15) is 0 Å². The Morgan fingerprint density at radius 2 is 1.88 bits per heavy atom. The maximum absolute atomic E-state index is 5.99. The lowest BCUT2D eigenvalue weighted by Gasteiger charge is -2.30. The Labute approximate surface area is 118 Å². The van der Waals surface area contributed by atoms with E-state index in [-0.39, 0.29) is 5.41 Å². The first kappa shape index (κ1) is 15.2. The van der Waals surface area contributed by atoms with Crippen LogP contribution in [0, 0.1) is 5.41 Å². The second-order valence-corrected chi connectivity index (χ2v) is 7.00. The Morgan fingerprint density at radius 1 is 1.24 bits per heavy atom. The summed E-state index contributed by atoms with van der Waals surface area (Å²) in [7, 11) is 2.01. The fourth-order valence-electron chi connectivity index (χ4n) is 1.51. The van der Waals surface area contributed by atoms with E-state index in [4.69, 9.17) is 23.2 Å². The van der Waals surface area contributed by atoms with Gasteiger partial charge < -0.3 is 5.32 Å². The Balaban J connectivity index is 2.63. The molecule has 0 aromatic heterocycles. The van der Waals surface area contributed by atoms with E-state index in [1.54, 1.807) is 11.8 Å².